The van der Waals surface area contributed by atoms with Crippen molar-refractivity contribution >= 4 is 21.6 Å². The van der Waals surface area contributed by atoms with Crippen molar-refractivity contribution in [3.63, 3.8) is 0 Å². The SMILES string of the molecule is Cc1cccc(NS(=O)(=O)c2cccc(C(=O)NC(C)c3cccnc3)c2)c1. The minimum Gasteiger partial charge on any atom is -0.345 e. The first-order valence-corrected chi connectivity index (χ1v) is 10.2. The van der Waals surface area contributed by atoms with Crippen molar-refractivity contribution < 1.29 is 13.2 Å². The van der Waals surface area contributed by atoms with E-state index in [9.17, 15) is 13.2 Å². The van der Waals surface area contributed by atoms with Crippen molar-refractivity contribution in [1.29, 1.82) is 0 Å². The molecule has 3 aromatic rings. The highest BCUT2D eigenvalue weighted by molar-refractivity contribution is 7.92. The Morgan fingerprint density at radius 2 is 1.82 bits per heavy atom. The van der Waals surface area contributed by atoms with Crippen LogP contribution >= 0.6 is 0 Å². The molecule has 1 atom stereocenters. The monoisotopic (exact) mass is 395 g/mol. The number of rotatable bonds is 6. The summed E-state index contributed by atoms with van der Waals surface area (Å²) in [4.78, 5) is 16.6. The van der Waals surface area contributed by atoms with Crippen LogP contribution < -0.4 is 10.0 Å². The predicted molar refractivity (Wildman–Crippen MR) is 109 cm³/mol. The van der Waals surface area contributed by atoms with Crippen molar-refractivity contribution in [2.75, 3.05) is 4.72 Å². The zero-order chi connectivity index (χ0) is 20.1. The first-order valence-electron chi connectivity index (χ1n) is 8.75. The zero-order valence-electron chi connectivity index (χ0n) is 15.6. The molecule has 0 fully saturated rings. The van der Waals surface area contributed by atoms with E-state index in [0.717, 1.165) is 11.1 Å². The Hall–Kier alpha value is -3.19. The second-order valence-electron chi connectivity index (χ2n) is 6.48. The summed E-state index contributed by atoms with van der Waals surface area (Å²) < 4.78 is 27.9. The Morgan fingerprint density at radius 3 is 2.54 bits per heavy atom. The third-order valence-electron chi connectivity index (χ3n) is 4.21. The number of aromatic nitrogens is 1. The van der Waals surface area contributed by atoms with Crippen LogP contribution in [0.15, 0.2) is 78.0 Å². The molecule has 28 heavy (non-hydrogen) atoms. The van der Waals surface area contributed by atoms with Crippen LogP contribution in [0.2, 0.25) is 0 Å². The molecular formula is C21H21N3O3S. The Morgan fingerprint density at radius 1 is 1.04 bits per heavy atom. The number of carbonyl (C=O) groups excluding carboxylic acids is 1. The number of nitrogens with one attached hydrogen (secondary N) is 2. The average Bonchev–Trinajstić information content (AvgIpc) is 2.68. The molecule has 0 aliphatic heterocycles. The molecule has 1 unspecified atom stereocenters. The molecule has 2 aromatic carbocycles. The first kappa shape index (κ1) is 19.6. The van der Waals surface area contributed by atoms with E-state index in [1.54, 1.807) is 48.8 Å². The topological polar surface area (TPSA) is 88.2 Å². The number of aryl methyl sites for hydroxylation is 1. The number of carbonyl (C=O) groups is 1. The van der Waals surface area contributed by atoms with E-state index in [4.69, 9.17) is 0 Å². The fourth-order valence-corrected chi connectivity index (χ4v) is 3.82. The maximum absolute atomic E-state index is 12.7. The van der Waals surface area contributed by atoms with Gasteiger partial charge in [-0.25, -0.2) is 8.42 Å². The van der Waals surface area contributed by atoms with Crippen LogP contribution in [0.4, 0.5) is 5.69 Å². The molecule has 0 saturated heterocycles. The van der Waals surface area contributed by atoms with Crippen LogP contribution in [-0.4, -0.2) is 19.3 Å². The largest absolute Gasteiger partial charge is 0.345 e. The van der Waals surface area contributed by atoms with Crippen LogP contribution in [0.25, 0.3) is 0 Å². The summed E-state index contributed by atoms with van der Waals surface area (Å²) in [5.74, 6) is -0.357. The fraction of sp³-hybridized carbons (Fsp3) is 0.143. The van der Waals surface area contributed by atoms with Crippen molar-refractivity contribution in [2.45, 2.75) is 24.8 Å². The number of hydrogen-bond acceptors (Lipinski definition) is 4. The lowest BCUT2D eigenvalue weighted by Crippen LogP contribution is -2.27. The molecule has 1 amide bonds. The summed E-state index contributed by atoms with van der Waals surface area (Å²) in [5.41, 5.74) is 2.54. The molecule has 0 spiro atoms. The lowest BCUT2D eigenvalue weighted by Gasteiger charge is -2.14. The molecule has 1 aromatic heterocycles. The molecule has 0 aliphatic carbocycles. The van der Waals surface area contributed by atoms with Crippen LogP contribution in [0, 0.1) is 6.92 Å². The van der Waals surface area contributed by atoms with Gasteiger partial charge in [-0.15, -0.1) is 0 Å². The molecule has 0 aliphatic rings. The summed E-state index contributed by atoms with van der Waals surface area (Å²) in [6.07, 6.45) is 3.34. The Bertz CT molecular complexity index is 1080. The molecular weight excluding hydrogens is 374 g/mol. The smallest absolute Gasteiger partial charge is 0.261 e. The molecule has 144 valence electrons. The van der Waals surface area contributed by atoms with Gasteiger partial charge in [-0.05, 0) is 61.4 Å². The highest BCUT2D eigenvalue weighted by Gasteiger charge is 2.18. The first-order chi connectivity index (χ1) is 13.3. The average molecular weight is 395 g/mol. The minimum atomic E-state index is -3.81. The highest BCUT2D eigenvalue weighted by atomic mass is 32.2. The van der Waals surface area contributed by atoms with Crippen molar-refractivity contribution in [2.24, 2.45) is 0 Å². The van der Waals surface area contributed by atoms with Gasteiger partial charge >= 0.3 is 0 Å². The van der Waals surface area contributed by atoms with Crippen LogP contribution in [0.1, 0.15) is 34.5 Å². The summed E-state index contributed by atoms with van der Waals surface area (Å²) in [7, 11) is -3.81. The van der Waals surface area contributed by atoms with E-state index in [0.29, 0.717) is 5.69 Å². The second-order valence-corrected chi connectivity index (χ2v) is 8.17. The van der Waals surface area contributed by atoms with Gasteiger partial charge in [0.25, 0.3) is 15.9 Å². The van der Waals surface area contributed by atoms with E-state index in [-0.39, 0.29) is 22.4 Å². The summed E-state index contributed by atoms with van der Waals surface area (Å²) in [5, 5.41) is 2.85. The number of nitrogens with zero attached hydrogens (tertiary/aromatic N) is 1. The van der Waals surface area contributed by atoms with Gasteiger partial charge in [-0.2, -0.15) is 0 Å². The van der Waals surface area contributed by atoms with Gasteiger partial charge in [0, 0.05) is 23.6 Å². The predicted octanol–water partition coefficient (Wildman–Crippen LogP) is 3.68. The lowest BCUT2D eigenvalue weighted by molar-refractivity contribution is 0.0939. The third-order valence-corrected chi connectivity index (χ3v) is 5.59. The Labute approximate surface area is 164 Å². The van der Waals surface area contributed by atoms with E-state index in [2.05, 4.69) is 15.0 Å². The number of amides is 1. The number of benzene rings is 2. The van der Waals surface area contributed by atoms with Gasteiger partial charge < -0.3 is 5.32 Å². The third kappa shape index (κ3) is 4.75. The van der Waals surface area contributed by atoms with Gasteiger partial charge in [0.2, 0.25) is 0 Å². The summed E-state index contributed by atoms with van der Waals surface area (Å²) in [6.45, 7) is 3.72. The van der Waals surface area contributed by atoms with E-state index in [1.165, 1.54) is 12.1 Å². The van der Waals surface area contributed by atoms with Gasteiger partial charge in [0.1, 0.15) is 0 Å². The normalized spacial score (nSPS) is 12.2. The minimum absolute atomic E-state index is 0.0238. The summed E-state index contributed by atoms with van der Waals surface area (Å²) in [6, 6.07) is 16.4. The standard InChI is InChI=1S/C21H21N3O3S/c1-15-6-3-9-19(12-15)24-28(26,27)20-10-4-7-17(13-20)21(25)23-16(2)18-8-5-11-22-14-18/h3-14,16,24H,1-2H3,(H,23,25). The lowest BCUT2D eigenvalue weighted by atomic mass is 10.1. The fourth-order valence-electron chi connectivity index (χ4n) is 2.72. The zero-order valence-corrected chi connectivity index (χ0v) is 16.4. The number of pyridine rings is 1. The van der Waals surface area contributed by atoms with Gasteiger partial charge in [-0.3, -0.25) is 14.5 Å². The number of hydrogen-bond donors (Lipinski definition) is 2. The molecule has 0 radical (unpaired) electrons. The van der Waals surface area contributed by atoms with E-state index >= 15 is 0 Å². The van der Waals surface area contributed by atoms with Crippen LogP contribution in [-0.2, 0) is 10.0 Å². The molecule has 1 heterocycles. The van der Waals surface area contributed by atoms with Gasteiger partial charge in [-0.1, -0.05) is 24.3 Å². The molecule has 0 bridgehead atoms. The maximum Gasteiger partial charge on any atom is 0.261 e. The number of anilines is 1. The quantitative estimate of drug-likeness (QED) is 0.666. The van der Waals surface area contributed by atoms with Crippen molar-refractivity contribution in [3.05, 3.63) is 89.7 Å². The molecule has 2 N–H and O–H groups in total. The van der Waals surface area contributed by atoms with Gasteiger partial charge in [0.15, 0.2) is 0 Å². The van der Waals surface area contributed by atoms with Crippen molar-refractivity contribution in [3.8, 4) is 0 Å². The molecule has 6 nitrogen and oxygen atoms in total. The highest BCUT2D eigenvalue weighted by Crippen LogP contribution is 2.19. The van der Waals surface area contributed by atoms with E-state index < -0.39 is 10.0 Å². The maximum atomic E-state index is 12.7. The summed E-state index contributed by atoms with van der Waals surface area (Å²) >= 11 is 0. The van der Waals surface area contributed by atoms with Crippen LogP contribution in [0.5, 0.6) is 0 Å². The number of sulfonamides is 1. The van der Waals surface area contributed by atoms with Crippen LogP contribution in [0.3, 0.4) is 0 Å². The van der Waals surface area contributed by atoms with E-state index in [1.807, 2.05) is 26.0 Å². The van der Waals surface area contributed by atoms with Crippen molar-refractivity contribution in [1.82, 2.24) is 10.3 Å². The second kappa shape index (κ2) is 8.22. The molecule has 7 heteroatoms. The Kier molecular flexibility index (Phi) is 5.75. The van der Waals surface area contributed by atoms with Gasteiger partial charge in [0.05, 0.1) is 10.9 Å². The Balaban J connectivity index is 1.78. The molecule has 3 rings (SSSR count). The molecule has 0 saturated carbocycles.